The number of carboxylic acids is 2. The van der Waals surface area contributed by atoms with Gasteiger partial charge >= 0.3 is 82.2 Å². The molecule has 0 aromatic rings. The van der Waals surface area contributed by atoms with Crippen LogP contribution >= 0.6 is 0 Å². The third-order valence-electron chi connectivity index (χ3n) is 3.42. The maximum Gasteiger partial charge on any atom is 1.00 e. The first-order valence-electron chi connectivity index (χ1n) is 8.07. The minimum absolute atomic E-state index is 0. The molecule has 0 saturated carbocycles. The first kappa shape index (κ1) is 31.9. The number of hydrogen-bond acceptors (Lipinski definition) is 2. The number of hydrogen-bond donors (Lipinski definition) is 2. The number of aliphatic carboxylic acids is 2. The maximum absolute atomic E-state index is 9.43. The predicted octanol–water partition coefficient (Wildman–Crippen LogP) is -1.10. The zero-order chi connectivity index (χ0) is 16.7. The molecule has 0 aromatic heterocycles. The van der Waals surface area contributed by atoms with Gasteiger partial charge in [-0.2, -0.15) is 5.92 Å². The summed E-state index contributed by atoms with van der Waals surface area (Å²) < 4.78 is 0. The molecule has 4 nitrogen and oxygen atoms in total. The van der Waals surface area contributed by atoms with E-state index < -0.39 is 18.4 Å². The minimum Gasteiger partial charge on any atom is -1.00 e. The number of rotatable bonds is 11. The Bertz CT molecular complexity index is 267. The van der Waals surface area contributed by atoms with Crippen molar-refractivity contribution >= 4 is 11.9 Å². The molecule has 0 fully saturated rings. The van der Waals surface area contributed by atoms with Crippen LogP contribution in [0.15, 0.2) is 0 Å². The molecule has 0 amide bonds. The first-order chi connectivity index (χ1) is 9.81. The minimum atomic E-state index is -1.31. The van der Waals surface area contributed by atoms with Crippen LogP contribution in [0, 0.1) is 18.8 Å². The smallest absolute Gasteiger partial charge is 1.00 e. The summed E-state index contributed by atoms with van der Waals surface area (Å²) in [6, 6.07) is 0. The fraction of sp³-hybridized carbons (Fsp3) is 0.824. The van der Waals surface area contributed by atoms with Gasteiger partial charge in [0, 0.05) is 0 Å². The van der Waals surface area contributed by atoms with Crippen LogP contribution in [0.4, 0.5) is 0 Å². The van der Waals surface area contributed by atoms with Crippen LogP contribution in [0.2, 0.25) is 0 Å². The molecule has 1 atom stereocenters. The molecule has 0 aliphatic heterocycles. The van der Waals surface area contributed by atoms with Gasteiger partial charge in [0.1, 0.15) is 6.42 Å². The third-order valence-corrected chi connectivity index (χ3v) is 3.42. The van der Waals surface area contributed by atoms with Crippen molar-refractivity contribution in [2.24, 2.45) is 11.8 Å². The fourth-order valence-electron chi connectivity index (χ4n) is 1.83. The molecular formula is C17H34KLiO4. The Morgan fingerprint density at radius 1 is 0.957 bits per heavy atom. The molecule has 0 rings (SSSR count). The van der Waals surface area contributed by atoms with E-state index >= 15 is 0 Å². The number of carbonyl (C=O) groups is 2. The van der Waals surface area contributed by atoms with Crippen LogP contribution in [0.3, 0.4) is 0 Å². The second kappa shape index (κ2) is 23.2. The van der Waals surface area contributed by atoms with Crippen LogP contribution in [0.5, 0.6) is 0 Å². The van der Waals surface area contributed by atoms with Crippen molar-refractivity contribution in [3.05, 3.63) is 6.92 Å². The summed E-state index contributed by atoms with van der Waals surface area (Å²) in [6.45, 7) is 11.0. The van der Waals surface area contributed by atoms with Crippen molar-refractivity contribution in [3.63, 3.8) is 0 Å². The Kier molecular flexibility index (Phi) is 32.1. The van der Waals surface area contributed by atoms with Crippen molar-refractivity contribution in [2.45, 2.75) is 78.6 Å². The Hall–Kier alpha value is 1.17. The van der Waals surface area contributed by atoms with Crippen LogP contribution in [0.1, 0.15) is 80.0 Å². The van der Waals surface area contributed by atoms with Gasteiger partial charge in [0.25, 0.3) is 0 Å². The zero-order valence-corrected chi connectivity index (χ0v) is 19.1. The van der Waals surface area contributed by atoms with E-state index in [-0.39, 0.29) is 71.7 Å². The average Bonchev–Trinajstić information content (AvgIpc) is 2.36. The molecule has 23 heavy (non-hydrogen) atoms. The number of carboxylic acid groups (broad SMARTS) is 2. The van der Waals surface area contributed by atoms with Crippen LogP contribution in [0.25, 0.3) is 0 Å². The molecule has 0 spiro atoms. The van der Waals surface area contributed by atoms with E-state index in [0.29, 0.717) is 5.92 Å². The van der Waals surface area contributed by atoms with E-state index in [2.05, 4.69) is 27.7 Å². The van der Waals surface area contributed by atoms with Crippen molar-refractivity contribution in [3.8, 4) is 0 Å². The second-order valence-electron chi connectivity index (χ2n) is 5.88. The maximum atomic E-state index is 9.43. The van der Waals surface area contributed by atoms with Gasteiger partial charge in [0.2, 0.25) is 0 Å². The van der Waals surface area contributed by atoms with Crippen LogP contribution in [-0.2, 0) is 9.59 Å². The Balaban J connectivity index is -0.000000105. The Morgan fingerprint density at radius 2 is 1.35 bits per heavy atom. The van der Waals surface area contributed by atoms with Gasteiger partial charge in [0.05, 0.1) is 0 Å². The quantitative estimate of drug-likeness (QED) is 0.215. The van der Waals surface area contributed by atoms with Crippen LogP contribution < -0.4 is 70.2 Å². The molecule has 0 aromatic carbocycles. The van der Waals surface area contributed by atoms with E-state index in [1.165, 1.54) is 51.4 Å². The van der Waals surface area contributed by atoms with E-state index in [4.69, 9.17) is 10.2 Å². The summed E-state index contributed by atoms with van der Waals surface area (Å²) in [4.78, 5) is 18.9. The van der Waals surface area contributed by atoms with Crippen molar-refractivity contribution in [1.82, 2.24) is 0 Å². The molecule has 0 aliphatic rings. The summed E-state index contributed by atoms with van der Waals surface area (Å²) >= 11 is 0. The van der Waals surface area contributed by atoms with E-state index in [1.54, 1.807) is 0 Å². The van der Waals surface area contributed by atoms with Crippen molar-refractivity contribution < 1.29 is 91.5 Å². The molecule has 1 unspecified atom stereocenters. The molecule has 6 heteroatoms. The standard InChI is InChI=1S/C14H29.C3H4O4.K.Li.H/c1-5-6-7-8-9-10-11-12-14(4)13(2)3;4-2(5)1-3(6)7;;;/h13-14H,4-12H2,1-3H3;1H2,(H,4,5)(H,6,7);;;/q-1;;2*+1;-1. The average molecular weight is 348 g/mol. The summed E-state index contributed by atoms with van der Waals surface area (Å²) in [5.74, 6) is -1.19. The summed E-state index contributed by atoms with van der Waals surface area (Å²) in [5.41, 5.74) is 0. The molecular weight excluding hydrogens is 314 g/mol. The predicted molar refractivity (Wildman–Crippen MR) is 87.3 cm³/mol. The molecule has 128 valence electrons. The first-order valence-corrected chi connectivity index (χ1v) is 8.07. The normalized spacial score (nSPS) is 10.7. The molecule has 2 N–H and O–H groups in total. The van der Waals surface area contributed by atoms with Gasteiger partial charge < -0.3 is 18.6 Å². The number of unbranched alkanes of at least 4 members (excludes halogenated alkanes) is 6. The molecule has 0 heterocycles. The van der Waals surface area contributed by atoms with Crippen molar-refractivity contribution in [2.75, 3.05) is 0 Å². The van der Waals surface area contributed by atoms with Gasteiger partial charge in [-0.15, -0.1) is 0 Å². The molecule has 0 saturated heterocycles. The summed E-state index contributed by atoms with van der Waals surface area (Å²) in [7, 11) is 0. The Labute approximate surface area is 198 Å². The topological polar surface area (TPSA) is 74.6 Å². The third kappa shape index (κ3) is 31.5. The van der Waals surface area contributed by atoms with Crippen molar-refractivity contribution in [1.29, 1.82) is 0 Å². The molecule has 0 bridgehead atoms. The van der Waals surface area contributed by atoms with Gasteiger partial charge in [-0.1, -0.05) is 78.1 Å². The van der Waals surface area contributed by atoms with Gasteiger partial charge in [-0.05, 0) is 0 Å². The summed E-state index contributed by atoms with van der Waals surface area (Å²) in [5, 5.41) is 15.4. The second-order valence-corrected chi connectivity index (χ2v) is 5.88. The largest absolute Gasteiger partial charge is 1.00 e. The van der Waals surface area contributed by atoms with E-state index in [0.717, 1.165) is 5.92 Å². The fourth-order valence-corrected chi connectivity index (χ4v) is 1.83. The van der Waals surface area contributed by atoms with E-state index in [1.807, 2.05) is 0 Å². The van der Waals surface area contributed by atoms with Gasteiger partial charge in [-0.3, -0.25) is 9.59 Å². The van der Waals surface area contributed by atoms with E-state index in [9.17, 15) is 9.59 Å². The summed E-state index contributed by atoms with van der Waals surface area (Å²) in [6.07, 6.45) is 10.4. The molecule has 0 radical (unpaired) electrons. The van der Waals surface area contributed by atoms with Crippen LogP contribution in [-0.4, -0.2) is 22.2 Å². The Morgan fingerprint density at radius 3 is 1.65 bits per heavy atom. The zero-order valence-electron chi connectivity index (χ0n) is 16.9. The van der Waals surface area contributed by atoms with Gasteiger partial charge in [0.15, 0.2) is 0 Å². The van der Waals surface area contributed by atoms with Gasteiger partial charge in [-0.25, -0.2) is 0 Å². The monoisotopic (exact) mass is 348 g/mol. The SMILES string of the molecule is O=C(O)CC(=O)O.[CH2-]C(CCCCCCCCC)C(C)C.[H-].[K+].[Li+]. The molecule has 0 aliphatic carbocycles.